The van der Waals surface area contributed by atoms with Crippen molar-refractivity contribution in [3.05, 3.63) is 47.3 Å². The molecule has 3 atom stereocenters. The highest BCUT2D eigenvalue weighted by Crippen LogP contribution is 2.39. The number of halogens is 1. The van der Waals surface area contributed by atoms with Crippen molar-refractivity contribution in [3.8, 4) is 17.2 Å². The summed E-state index contributed by atoms with van der Waals surface area (Å²) in [6.07, 6.45) is 4.39. The van der Waals surface area contributed by atoms with Crippen molar-refractivity contribution in [2.24, 2.45) is 0 Å². The molecule has 4 rings (SSSR count). The molecule has 12 heteroatoms. The molecule has 1 aliphatic heterocycles. The van der Waals surface area contributed by atoms with Gasteiger partial charge in [0.15, 0.2) is 11.6 Å². The number of para-hydroxylation sites is 1. The van der Waals surface area contributed by atoms with Crippen molar-refractivity contribution >= 4 is 29.5 Å². The van der Waals surface area contributed by atoms with Crippen LogP contribution < -0.4 is 14.2 Å². The third kappa shape index (κ3) is 5.07. The third-order valence-electron chi connectivity index (χ3n) is 5.44. The standard InChI is InChI=1S/C22H27ClN6O4S/c1-13(19(32-4)20-24-11-14(23)12-25-20)34-28-22-27-26-21(17-9-6-10-33-17)29(22)18-15(30-2)7-5-8-16(18)31-3/h5,7-8,11-13,17,19H,6,9-10H2,1-4H3,(H,27,28). The summed E-state index contributed by atoms with van der Waals surface area (Å²) in [6.45, 7) is 2.70. The van der Waals surface area contributed by atoms with E-state index in [1.54, 1.807) is 33.7 Å². The Balaban J connectivity index is 1.66. The lowest BCUT2D eigenvalue weighted by molar-refractivity contribution is 0.0972. The molecule has 0 saturated carbocycles. The molecule has 3 unspecified atom stereocenters. The predicted octanol–water partition coefficient (Wildman–Crippen LogP) is 4.42. The Kier molecular flexibility index (Phi) is 8.09. The van der Waals surface area contributed by atoms with Gasteiger partial charge in [-0.1, -0.05) is 17.7 Å². The van der Waals surface area contributed by atoms with Crippen LogP contribution in [0.4, 0.5) is 5.95 Å². The van der Waals surface area contributed by atoms with Crippen LogP contribution in [-0.2, 0) is 9.47 Å². The molecule has 10 nitrogen and oxygen atoms in total. The second kappa shape index (κ2) is 11.2. The summed E-state index contributed by atoms with van der Waals surface area (Å²) in [5.41, 5.74) is 0.697. The van der Waals surface area contributed by atoms with Gasteiger partial charge in [-0.3, -0.25) is 9.29 Å². The molecule has 3 heterocycles. The van der Waals surface area contributed by atoms with Crippen LogP contribution in [0.2, 0.25) is 5.02 Å². The zero-order valence-corrected chi connectivity index (χ0v) is 21.0. The van der Waals surface area contributed by atoms with E-state index in [9.17, 15) is 0 Å². The lowest BCUT2D eigenvalue weighted by Crippen LogP contribution is -2.19. The van der Waals surface area contributed by atoms with Gasteiger partial charge in [-0.15, -0.1) is 10.2 Å². The SMILES string of the molecule is COc1cccc(OC)c1-n1c(NSC(C)C(OC)c2ncc(Cl)cn2)nnc1C1CCCO1. The maximum Gasteiger partial charge on any atom is 0.239 e. The lowest BCUT2D eigenvalue weighted by Gasteiger charge is -2.22. The molecule has 182 valence electrons. The molecule has 0 amide bonds. The number of nitrogens with zero attached hydrogens (tertiary/aromatic N) is 5. The molecular formula is C22H27ClN6O4S. The highest BCUT2D eigenvalue weighted by atomic mass is 35.5. The van der Waals surface area contributed by atoms with E-state index in [0.717, 1.165) is 12.8 Å². The van der Waals surface area contributed by atoms with Gasteiger partial charge in [0.2, 0.25) is 5.95 Å². The number of hydrogen-bond acceptors (Lipinski definition) is 10. The molecule has 1 saturated heterocycles. The van der Waals surface area contributed by atoms with Crippen molar-refractivity contribution in [1.29, 1.82) is 0 Å². The van der Waals surface area contributed by atoms with Gasteiger partial charge in [-0.25, -0.2) is 9.97 Å². The number of benzene rings is 1. The normalized spacial score (nSPS) is 17.4. The Morgan fingerprint density at radius 3 is 2.44 bits per heavy atom. The average Bonchev–Trinajstić information content (AvgIpc) is 3.53. The van der Waals surface area contributed by atoms with E-state index in [4.69, 9.17) is 30.5 Å². The number of methoxy groups -OCH3 is 3. The van der Waals surface area contributed by atoms with Crippen LogP contribution in [0, 0.1) is 0 Å². The molecule has 1 fully saturated rings. The van der Waals surface area contributed by atoms with Crippen LogP contribution in [0.5, 0.6) is 11.5 Å². The fourth-order valence-corrected chi connectivity index (χ4v) is 4.69. The quantitative estimate of drug-likeness (QED) is 0.397. The molecule has 1 aliphatic rings. The summed E-state index contributed by atoms with van der Waals surface area (Å²) >= 11 is 7.35. The molecular weight excluding hydrogens is 480 g/mol. The lowest BCUT2D eigenvalue weighted by atomic mass is 10.2. The average molecular weight is 507 g/mol. The second-order valence-corrected chi connectivity index (χ2v) is 9.19. The fraction of sp³-hybridized carbons (Fsp3) is 0.455. The first kappa shape index (κ1) is 24.5. The van der Waals surface area contributed by atoms with Crippen LogP contribution >= 0.6 is 23.5 Å². The first-order valence-corrected chi connectivity index (χ1v) is 12.0. The van der Waals surface area contributed by atoms with E-state index >= 15 is 0 Å². The molecule has 3 aromatic rings. The Hall–Kier alpha value is -2.60. The highest BCUT2D eigenvalue weighted by molar-refractivity contribution is 8.01. The van der Waals surface area contributed by atoms with Crippen LogP contribution in [0.1, 0.15) is 43.6 Å². The van der Waals surface area contributed by atoms with Crippen molar-refractivity contribution in [2.45, 2.75) is 37.2 Å². The minimum absolute atomic E-state index is 0.0814. The number of aromatic nitrogens is 5. The van der Waals surface area contributed by atoms with E-state index in [2.05, 4.69) is 24.9 Å². The smallest absolute Gasteiger partial charge is 0.239 e. The highest BCUT2D eigenvalue weighted by Gasteiger charge is 2.30. The largest absolute Gasteiger partial charge is 0.494 e. The van der Waals surface area contributed by atoms with Gasteiger partial charge in [0, 0.05) is 26.1 Å². The van der Waals surface area contributed by atoms with Gasteiger partial charge in [-0.2, -0.15) is 0 Å². The van der Waals surface area contributed by atoms with Crippen molar-refractivity contribution in [1.82, 2.24) is 24.7 Å². The summed E-state index contributed by atoms with van der Waals surface area (Å²) in [6, 6.07) is 5.61. The van der Waals surface area contributed by atoms with E-state index < -0.39 is 0 Å². The number of hydrogen-bond donors (Lipinski definition) is 1. The van der Waals surface area contributed by atoms with Gasteiger partial charge in [0.05, 0.1) is 24.5 Å². The molecule has 0 aliphatic carbocycles. The maximum absolute atomic E-state index is 5.93. The molecule has 2 aromatic heterocycles. The zero-order chi connectivity index (χ0) is 24.1. The van der Waals surface area contributed by atoms with Gasteiger partial charge < -0.3 is 18.9 Å². The van der Waals surface area contributed by atoms with E-state index in [1.807, 2.05) is 29.7 Å². The number of rotatable bonds is 10. The minimum atomic E-state index is -0.371. The van der Waals surface area contributed by atoms with Gasteiger partial charge in [0.1, 0.15) is 29.4 Å². The van der Waals surface area contributed by atoms with Crippen LogP contribution in [0.15, 0.2) is 30.6 Å². The Labute approximate surface area is 207 Å². The van der Waals surface area contributed by atoms with Crippen LogP contribution in [0.25, 0.3) is 5.69 Å². The molecule has 0 radical (unpaired) electrons. The summed E-state index contributed by atoms with van der Waals surface area (Å²) < 4.78 is 28.1. The minimum Gasteiger partial charge on any atom is -0.494 e. The number of anilines is 1. The monoisotopic (exact) mass is 506 g/mol. The Bertz CT molecular complexity index is 1070. The predicted molar refractivity (Wildman–Crippen MR) is 130 cm³/mol. The molecule has 34 heavy (non-hydrogen) atoms. The first-order chi connectivity index (χ1) is 16.6. The van der Waals surface area contributed by atoms with Crippen molar-refractivity contribution < 1.29 is 18.9 Å². The molecule has 1 aromatic carbocycles. The third-order valence-corrected chi connectivity index (χ3v) is 6.56. The maximum atomic E-state index is 5.93. The van der Waals surface area contributed by atoms with Gasteiger partial charge >= 0.3 is 0 Å². The second-order valence-electron chi connectivity index (χ2n) is 7.57. The summed E-state index contributed by atoms with van der Waals surface area (Å²) in [5, 5.41) is 9.28. The summed E-state index contributed by atoms with van der Waals surface area (Å²) in [5.74, 6) is 2.99. The summed E-state index contributed by atoms with van der Waals surface area (Å²) in [4.78, 5) is 8.60. The molecule has 0 bridgehead atoms. The van der Waals surface area contributed by atoms with E-state index in [0.29, 0.717) is 46.4 Å². The van der Waals surface area contributed by atoms with Gasteiger partial charge in [-0.05, 0) is 43.8 Å². The van der Waals surface area contributed by atoms with Crippen molar-refractivity contribution in [3.63, 3.8) is 0 Å². The van der Waals surface area contributed by atoms with Crippen molar-refractivity contribution in [2.75, 3.05) is 32.7 Å². The molecule has 0 spiro atoms. The van der Waals surface area contributed by atoms with E-state index in [1.165, 1.54) is 11.9 Å². The topological polar surface area (TPSA) is 105 Å². The fourth-order valence-electron chi connectivity index (χ4n) is 3.81. The van der Waals surface area contributed by atoms with Crippen LogP contribution in [0.3, 0.4) is 0 Å². The van der Waals surface area contributed by atoms with E-state index in [-0.39, 0.29) is 17.5 Å². The molecule has 1 N–H and O–H groups in total. The Morgan fingerprint density at radius 2 is 1.85 bits per heavy atom. The van der Waals surface area contributed by atoms with Crippen LogP contribution in [-0.4, -0.2) is 57.9 Å². The summed E-state index contributed by atoms with van der Waals surface area (Å²) in [7, 11) is 4.86. The Morgan fingerprint density at radius 1 is 1.15 bits per heavy atom. The van der Waals surface area contributed by atoms with Gasteiger partial charge in [0.25, 0.3) is 0 Å². The first-order valence-electron chi connectivity index (χ1n) is 10.8. The number of nitrogens with one attached hydrogen (secondary N) is 1. The number of ether oxygens (including phenoxy) is 4. The zero-order valence-electron chi connectivity index (χ0n) is 19.4.